The van der Waals surface area contributed by atoms with Crippen LogP contribution in [0.15, 0.2) is 70.2 Å². The van der Waals surface area contributed by atoms with Gasteiger partial charge < -0.3 is 4.90 Å². The molecule has 4 rings (SSSR count). The fraction of sp³-hybridized carbons (Fsp3) is 0.227. The molecule has 5 nitrogen and oxygen atoms in total. The summed E-state index contributed by atoms with van der Waals surface area (Å²) in [6.07, 6.45) is 4.15. The van der Waals surface area contributed by atoms with Crippen molar-refractivity contribution in [2.24, 2.45) is 0 Å². The number of hydrogen-bond acceptors (Lipinski definition) is 4. The lowest BCUT2D eigenvalue weighted by Crippen LogP contribution is -2.28. The third kappa shape index (κ3) is 4.54. The summed E-state index contributed by atoms with van der Waals surface area (Å²) in [5.74, 6) is 0. The number of para-hydroxylation sites is 2. The van der Waals surface area contributed by atoms with Gasteiger partial charge in [-0.25, -0.2) is 18.7 Å². The van der Waals surface area contributed by atoms with Gasteiger partial charge in [-0.1, -0.05) is 48.0 Å². The highest BCUT2D eigenvalue weighted by Gasteiger charge is 2.20. The normalized spacial score (nSPS) is 15.1. The average Bonchev–Trinajstić information content (AvgIpc) is 2.90. The highest BCUT2D eigenvalue weighted by Crippen LogP contribution is 2.35. The van der Waals surface area contributed by atoms with E-state index in [1.165, 1.54) is 28.7 Å². The van der Waals surface area contributed by atoms with Crippen molar-refractivity contribution < 1.29 is 4.21 Å². The molecule has 2 aromatic carbocycles. The number of hydrogen-bond donors (Lipinski definition) is 2. The summed E-state index contributed by atoms with van der Waals surface area (Å²) >= 11 is 9.17. The van der Waals surface area contributed by atoms with Crippen LogP contribution in [-0.2, 0) is 22.8 Å². The second-order valence-corrected chi connectivity index (χ2v) is 10.2. The Hall–Kier alpha value is -1.93. The molecule has 0 radical (unpaired) electrons. The van der Waals surface area contributed by atoms with Crippen LogP contribution in [0.4, 0.5) is 11.4 Å². The van der Waals surface area contributed by atoms with Crippen LogP contribution < -0.4 is 9.62 Å². The van der Waals surface area contributed by atoms with E-state index in [2.05, 4.69) is 79.1 Å². The summed E-state index contributed by atoms with van der Waals surface area (Å²) < 4.78 is 24.4. The van der Waals surface area contributed by atoms with Gasteiger partial charge in [0.05, 0.1) is 9.37 Å². The maximum absolute atomic E-state index is 12.8. The topological polar surface area (TPSA) is 69.1 Å². The summed E-state index contributed by atoms with van der Waals surface area (Å²) in [7, 11) is -3.15. The van der Waals surface area contributed by atoms with Crippen LogP contribution in [0.3, 0.4) is 0 Å². The Morgan fingerprint density at radius 2 is 1.70 bits per heavy atom. The Labute approximate surface area is 190 Å². The molecule has 1 atom stereocenters. The van der Waals surface area contributed by atoms with E-state index in [0.29, 0.717) is 15.9 Å². The zero-order chi connectivity index (χ0) is 21.1. The SMILES string of the molecule is N=S(=O)(NCCCN1c2ccccc2CCc2ccccc21)c1cnc(Cl)c(Br)c1. The molecule has 1 aliphatic rings. The van der Waals surface area contributed by atoms with Crippen LogP contribution in [0.2, 0.25) is 5.15 Å². The van der Waals surface area contributed by atoms with E-state index in [1.807, 2.05) is 0 Å². The van der Waals surface area contributed by atoms with Crippen molar-refractivity contribution >= 4 is 48.8 Å². The third-order valence-electron chi connectivity index (χ3n) is 5.20. The van der Waals surface area contributed by atoms with E-state index >= 15 is 0 Å². The lowest BCUT2D eigenvalue weighted by Gasteiger charge is -2.27. The van der Waals surface area contributed by atoms with E-state index in [1.54, 1.807) is 6.07 Å². The largest absolute Gasteiger partial charge is 0.341 e. The van der Waals surface area contributed by atoms with Gasteiger partial charge in [-0.05, 0) is 64.5 Å². The fourth-order valence-electron chi connectivity index (χ4n) is 3.71. The van der Waals surface area contributed by atoms with Crippen LogP contribution >= 0.6 is 27.5 Å². The minimum Gasteiger partial charge on any atom is -0.341 e. The number of anilines is 2. The van der Waals surface area contributed by atoms with Crippen molar-refractivity contribution in [2.45, 2.75) is 24.2 Å². The number of benzene rings is 2. The molecule has 0 spiro atoms. The first-order valence-corrected chi connectivity index (χ1v) is 12.5. The first-order chi connectivity index (χ1) is 14.5. The van der Waals surface area contributed by atoms with Gasteiger partial charge in [-0.3, -0.25) is 0 Å². The van der Waals surface area contributed by atoms with Crippen LogP contribution in [0.5, 0.6) is 0 Å². The zero-order valence-electron chi connectivity index (χ0n) is 16.3. The van der Waals surface area contributed by atoms with E-state index in [-0.39, 0.29) is 5.15 Å². The molecular weight excluding hydrogens is 484 g/mol. The number of nitrogens with zero attached hydrogens (tertiary/aromatic N) is 2. The first kappa shape index (κ1) is 21.3. The number of nitrogens with one attached hydrogen (secondary N) is 2. The minimum absolute atomic E-state index is 0.285. The molecule has 0 fully saturated rings. The highest BCUT2D eigenvalue weighted by molar-refractivity contribution is 9.10. The number of aryl methyl sites for hydroxylation is 2. The maximum atomic E-state index is 12.8. The van der Waals surface area contributed by atoms with E-state index in [9.17, 15) is 4.21 Å². The number of aromatic nitrogens is 1. The van der Waals surface area contributed by atoms with Crippen LogP contribution in [0.1, 0.15) is 17.5 Å². The van der Waals surface area contributed by atoms with E-state index in [0.717, 1.165) is 25.8 Å². The van der Waals surface area contributed by atoms with Gasteiger partial charge in [0.15, 0.2) is 0 Å². The quantitative estimate of drug-likeness (QED) is 0.332. The molecule has 2 N–H and O–H groups in total. The van der Waals surface area contributed by atoms with E-state index < -0.39 is 9.92 Å². The molecule has 1 aliphatic heterocycles. The monoisotopic (exact) mass is 504 g/mol. The van der Waals surface area contributed by atoms with Gasteiger partial charge in [0.1, 0.15) is 15.1 Å². The van der Waals surface area contributed by atoms with Gasteiger partial charge >= 0.3 is 0 Å². The van der Waals surface area contributed by atoms with Crippen molar-refractivity contribution in [1.29, 1.82) is 4.78 Å². The second-order valence-electron chi connectivity index (χ2n) is 7.16. The maximum Gasteiger partial charge on any atom is 0.143 e. The summed E-state index contributed by atoms with van der Waals surface area (Å²) in [4.78, 5) is 6.63. The second kappa shape index (κ2) is 9.06. The number of pyridine rings is 1. The van der Waals surface area contributed by atoms with Crippen LogP contribution in [-0.4, -0.2) is 22.3 Å². The van der Waals surface area contributed by atoms with Crippen molar-refractivity contribution in [3.63, 3.8) is 0 Å². The third-order valence-corrected chi connectivity index (χ3v) is 7.83. The molecule has 3 aromatic rings. The Kier molecular flexibility index (Phi) is 6.43. The lowest BCUT2D eigenvalue weighted by molar-refractivity contribution is 0.657. The molecule has 0 saturated carbocycles. The van der Waals surface area contributed by atoms with Crippen LogP contribution in [0, 0.1) is 4.78 Å². The standard InChI is InChI=1S/C22H22BrClN4OS/c23-19-14-18(15-26-22(19)24)30(25,29)27-12-5-13-28-20-8-3-1-6-16(20)10-11-17-7-2-4-9-21(17)28/h1-4,6-9,14-15H,5,10-13H2,(H2,25,27,29). The molecule has 0 bridgehead atoms. The zero-order valence-corrected chi connectivity index (χ0v) is 19.4. The first-order valence-electron chi connectivity index (χ1n) is 9.73. The predicted octanol–water partition coefficient (Wildman–Crippen LogP) is 5.73. The Morgan fingerprint density at radius 1 is 1.10 bits per heavy atom. The number of rotatable bonds is 6. The molecule has 30 heavy (non-hydrogen) atoms. The fourth-order valence-corrected chi connectivity index (χ4v) is 5.40. The predicted molar refractivity (Wildman–Crippen MR) is 126 cm³/mol. The molecule has 0 amide bonds. The summed E-state index contributed by atoms with van der Waals surface area (Å²) in [5.41, 5.74) is 5.12. The van der Waals surface area contributed by atoms with Gasteiger partial charge in [-0.15, -0.1) is 0 Å². The van der Waals surface area contributed by atoms with Gasteiger partial charge in [0.25, 0.3) is 0 Å². The molecule has 2 heterocycles. The van der Waals surface area contributed by atoms with E-state index in [4.69, 9.17) is 16.4 Å². The molecule has 8 heteroatoms. The Bertz CT molecular complexity index is 1120. The lowest BCUT2D eigenvalue weighted by atomic mass is 10.0. The summed E-state index contributed by atoms with van der Waals surface area (Å²) in [6.45, 7) is 1.21. The molecular formula is C22H22BrClN4OS. The Balaban J connectivity index is 1.48. The summed E-state index contributed by atoms with van der Waals surface area (Å²) in [6, 6.07) is 18.6. The summed E-state index contributed by atoms with van der Waals surface area (Å²) in [5, 5.41) is 0.285. The molecule has 0 aliphatic carbocycles. The molecule has 1 aromatic heterocycles. The number of fused-ring (bicyclic) bond motifs is 2. The minimum atomic E-state index is -3.15. The molecule has 1 unspecified atom stereocenters. The van der Waals surface area contributed by atoms with Crippen molar-refractivity contribution in [2.75, 3.05) is 18.0 Å². The van der Waals surface area contributed by atoms with Crippen molar-refractivity contribution in [1.82, 2.24) is 9.71 Å². The Morgan fingerprint density at radius 3 is 2.30 bits per heavy atom. The van der Waals surface area contributed by atoms with Crippen molar-refractivity contribution in [3.8, 4) is 0 Å². The number of halogens is 2. The van der Waals surface area contributed by atoms with Gasteiger partial charge in [0.2, 0.25) is 0 Å². The van der Waals surface area contributed by atoms with Crippen molar-refractivity contribution in [3.05, 3.63) is 81.5 Å². The highest BCUT2D eigenvalue weighted by atomic mass is 79.9. The van der Waals surface area contributed by atoms with Gasteiger partial charge in [0, 0.05) is 30.7 Å². The van der Waals surface area contributed by atoms with Crippen LogP contribution in [0.25, 0.3) is 0 Å². The molecule has 156 valence electrons. The average molecular weight is 506 g/mol. The van der Waals surface area contributed by atoms with Gasteiger partial charge in [-0.2, -0.15) is 0 Å². The smallest absolute Gasteiger partial charge is 0.143 e. The molecule has 0 saturated heterocycles.